The molecule has 19 heavy (non-hydrogen) atoms. The molecule has 0 atom stereocenters. The maximum atomic E-state index is 12.5. The molecule has 3 aromatic rings. The lowest BCUT2D eigenvalue weighted by Crippen LogP contribution is -2.06. The lowest BCUT2D eigenvalue weighted by molar-refractivity contribution is 0.103. The number of fused-ring (bicyclic) bond motifs is 1. The number of halogens is 1. The molecule has 1 aromatic carbocycles. The van der Waals surface area contributed by atoms with E-state index in [-0.39, 0.29) is 5.78 Å². The molecular formula is C15H9BrN2O. The van der Waals surface area contributed by atoms with Gasteiger partial charge in [0, 0.05) is 28.4 Å². The van der Waals surface area contributed by atoms with Crippen LogP contribution in [0.4, 0.5) is 0 Å². The summed E-state index contributed by atoms with van der Waals surface area (Å²) in [5, 5.41) is 1.83. The van der Waals surface area contributed by atoms with E-state index < -0.39 is 0 Å². The Morgan fingerprint density at radius 3 is 2.74 bits per heavy atom. The van der Waals surface area contributed by atoms with Gasteiger partial charge in [-0.25, -0.2) is 0 Å². The molecule has 92 valence electrons. The normalized spacial score (nSPS) is 10.6. The Labute approximate surface area is 118 Å². The largest absolute Gasteiger partial charge is 0.287 e. The number of nitrogens with zero attached hydrogens (tertiary/aromatic N) is 2. The molecule has 0 aliphatic rings. The van der Waals surface area contributed by atoms with Crippen LogP contribution in [0.5, 0.6) is 0 Å². The molecule has 4 heteroatoms. The van der Waals surface area contributed by atoms with Crippen LogP contribution in [0.1, 0.15) is 16.1 Å². The highest BCUT2D eigenvalue weighted by Crippen LogP contribution is 2.22. The monoisotopic (exact) mass is 312 g/mol. The standard InChI is InChI=1S/C15H9BrN2O/c16-13-6-3-7-18-14(13)15(19)12-9-17-8-10-4-1-2-5-11(10)12/h1-9H. The first-order valence-electron chi connectivity index (χ1n) is 5.75. The third kappa shape index (κ3) is 2.15. The lowest BCUT2D eigenvalue weighted by Gasteiger charge is -2.05. The minimum Gasteiger partial charge on any atom is -0.287 e. The predicted molar refractivity (Wildman–Crippen MR) is 77.1 cm³/mol. The number of carbonyl (C=O) groups excluding carboxylic acids is 1. The van der Waals surface area contributed by atoms with Gasteiger partial charge < -0.3 is 0 Å². The van der Waals surface area contributed by atoms with E-state index in [0.717, 1.165) is 10.8 Å². The number of carbonyl (C=O) groups is 1. The van der Waals surface area contributed by atoms with Crippen LogP contribution >= 0.6 is 15.9 Å². The average Bonchev–Trinajstić information content (AvgIpc) is 2.46. The summed E-state index contributed by atoms with van der Waals surface area (Å²) < 4.78 is 0.688. The van der Waals surface area contributed by atoms with E-state index >= 15 is 0 Å². The van der Waals surface area contributed by atoms with Gasteiger partial charge in [-0.1, -0.05) is 24.3 Å². The quantitative estimate of drug-likeness (QED) is 0.679. The van der Waals surface area contributed by atoms with Crippen LogP contribution in [-0.4, -0.2) is 15.8 Å². The molecule has 0 fully saturated rings. The number of ketones is 1. The number of rotatable bonds is 2. The zero-order valence-corrected chi connectivity index (χ0v) is 11.5. The lowest BCUT2D eigenvalue weighted by atomic mass is 10.0. The molecule has 0 unspecified atom stereocenters. The van der Waals surface area contributed by atoms with Crippen LogP contribution in [0.15, 0.2) is 59.5 Å². The first-order chi connectivity index (χ1) is 9.27. The van der Waals surface area contributed by atoms with Crippen molar-refractivity contribution >= 4 is 32.5 Å². The van der Waals surface area contributed by atoms with E-state index in [1.54, 1.807) is 30.7 Å². The molecule has 0 saturated heterocycles. The van der Waals surface area contributed by atoms with Gasteiger partial charge in [-0.05, 0) is 33.4 Å². The molecule has 0 saturated carbocycles. The second-order valence-corrected chi connectivity index (χ2v) is 4.93. The van der Waals surface area contributed by atoms with Crippen molar-refractivity contribution in [2.24, 2.45) is 0 Å². The Morgan fingerprint density at radius 2 is 1.89 bits per heavy atom. The van der Waals surface area contributed by atoms with E-state index in [2.05, 4.69) is 25.9 Å². The summed E-state index contributed by atoms with van der Waals surface area (Å²) in [5.74, 6) is -0.128. The fourth-order valence-corrected chi connectivity index (χ4v) is 2.41. The van der Waals surface area contributed by atoms with Gasteiger partial charge in [0.1, 0.15) is 5.69 Å². The molecule has 2 heterocycles. The van der Waals surface area contributed by atoms with Crippen molar-refractivity contribution in [2.75, 3.05) is 0 Å². The molecule has 0 aliphatic carbocycles. The summed E-state index contributed by atoms with van der Waals surface area (Å²) >= 11 is 3.35. The van der Waals surface area contributed by atoms with Crippen molar-refractivity contribution in [3.8, 4) is 0 Å². The highest BCUT2D eigenvalue weighted by atomic mass is 79.9. The van der Waals surface area contributed by atoms with Crippen LogP contribution in [0.2, 0.25) is 0 Å². The maximum Gasteiger partial charge on any atom is 0.214 e. The van der Waals surface area contributed by atoms with Crippen LogP contribution in [0.3, 0.4) is 0 Å². The van der Waals surface area contributed by atoms with E-state index in [0.29, 0.717) is 15.7 Å². The molecule has 0 aliphatic heterocycles. The number of pyridine rings is 2. The zero-order valence-electron chi connectivity index (χ0n) is 9.88. The Balaban J connectivity index is 2.20. The van der Waals surface area contributed by atoms with E-state index in [9.17, 15) is 4.79 Å². The molecule has 0 N–H and O–H groups in total. The summed E-state index contributed by atoms with van der Waals surface area (Å²) in [6, 6.07) is 11.3. The van der Waals surface area contributed by atoms with Crippen LogP contribution in [0.25, 0.3) is 10.8 Å². The predicted octanol–water partition coefficient (Wildman–Crippen LogP) is 3.62. The highest BCUT2D eigenvalue weighted by Gasteiger charge is 2.16. The van der Waals surface area contributed by atoms with Crippen LogP contribution in [-0.2, 0) is 0 Å². The highest BCUT2D eigenvalue weighted by molar-refractivity contribution is 9.10. The van der Waals surface area contributed by atoms with Crippen LogP contribution < -0.4 is 0 Å². The van der Waals surface area contributed by atoms with Crippen molar-refractivity contribution in [3.05, 3.63) is 70.7 Å². The van der Waals surface area contributed by atoms with Gasteiger partial charge >= 0.3 is 0 Å². The molecular weight excluding hydrogens is 304 g/mol. The van der Waals surface area contributed by atoms with Gasteiger partial charge in [-0.2, -0.15) is 0 Å². The second kappa shape index (κ2) is 4.90. The van der Waals surface area contributed by atoms with Crippen LogP contribution in [0, 0.1) is 0 Å². The van der Waals surface area contributed by atoms with Crippen molar-refractivity contribution in [3.63, 3.8) is 0 Å². The average molecular weight is 313 g/mol. The number of hydrogen-bond acceptors (Lipinski definition) is 3. The topological polar surface area (TPSA) is 42.9 Å². The third-order valence-electron chi connectivity index (χ3n) is 2.89. The number of aromatic nitrogens is 2. The van der Waals surface area contributed by atoms with Gasteiger partial charge in [-0.15, -0.1) is 0 Å². The summed E-state index contributed by atoms with van der Waals surface area (Å²) in [6.07, 6.45) is 4.95. The Hall–Kier alpha value is -2.07. The minimum atomic E-state index is -0.128. The number of benzene rings is 1. The molecule has 0 radical (unpaired) electrons. The minimum absolute atomic E-state index is 0.128. The Bertz CT molecular complexity index is 765. The second-order valence-electron chi connectivity index (χ2n) is 4.07. The molecule has 2 aromatic heterocycles. The van der Waals surface area contributed by atoms with Gasteiger partial charge in [-0.3, -0.25) is 14.8 Å². The smallest absolute Gasteiger partial charge is 0.214 e. The summed E-state index contributed by atoms with van der Waals surface area (Å²) in [6.45, 7) is 0. The van der Waals surface area contributed by atoms with Gasteiger partial charge in [0.15, 0.2) is 0 Å². The van der Waals surface area contributed by atoms with E-state index in [1.807, 2.05) is 24.3 Å². The Kier molecular flexibility index (Phi) is 3.09. The van der Waals surface area contributed by atoms with Crippen molar-refractivity contribution in [2.45, 2.75) is 0 Å². The summed E-state index contributed by atoms with van der Waals surface area (Å²) in [5.41, 5.74) is 0.971. The van der Waals surface area contributed by atoms with E-state index in [1.165, 1.54) is 0 Å². The fourth-order valence-electron chi connectivity index (χ4n) is 1.98. The molecule has 0 amide bonds. The van der Waals surface area contributed by atoms with Crippen molar-refractivity contribution in [1.82, 2.24) is 9.97 Å². The first kappa shape index (κ1) is 12.0. The first-order valence-corrected chi connectivity index (χ1v) is 6.54. The van der Waals surface area contributed by atoms with Gasteiger partial charge in [0.25, 0.3) is 0 Å². The molecule has 3 rings (SSSR count). The Morgan fingerprint density at radius 1 is 1.05 bits per heavy atom. The van der Waals surface area contributed by atoms with Crippen molar-refractivity contribution in [1.29, 1.82) is 0 Å². The fraction of sp³-hybridized carbons (Fsp3) is 0. The zero-order chi connectivity index (χ0) is 13.2. The third-order valence-corrected chi connectivity index (χ3v) is 3.53. The molecule has 0 bridgehead atoms. The van der Waals surface area contributed by atoms with E-state index in [4.69, 9.17) is 0 Å². The molecule has 3 nitrogen and oxygen atoms in total. The number of hydrogen-bond donors (Lipinski definition) is 0. The van der Waals surface area contributed by atoms with Gasteiger partial charge in [0.05, 0.1) is 5.56 Å². The summed E-state index contributed by atoms with van der Waals surface area (Å²) in [7, 11) is 0. The molecule has 0 spiro atoms. The van der Waals surface area contributed by atoms with Gasteiger partial charge in [0.2, 0.25) is 5.78 Å². The van der Waals surface area contributed by atoms with Crippen molar-refractivity contribution < 1.29 is 4.79 Å². The SMILES string of the molecule is O=C(c1ncccc1Br)c1cncc2ccccc12. The maximum absolute atomic E-state index is 12.5. The summed E-state index contributed by atoms with van der Waals surface area (Å²) in [4.78, 5) is 20.8.